The van der Waals surface area contributed by atoms with Crippen molar-refractivity contribution in [2.75, 3.05) is 18.1 Å². The van der Waals surface area contributed by atoms with E-state index in [0.717, 1.165) is 29.3 Å². The maximum Gasteiger partial charge on any atom is 0.321 e. The van der Waals surface area contributed by atoms with Gasteiger partial charge >= 0.3 is 6.03 Å². The van der Waals surface area contributed by atoms with Crippen molar-refractivity contribution >= 4 is 23.7 Å². The summed E-state index contributed by atoms with van der Waals surface area (Å²) in [6, 6.07) is 7.22. The monoisotopic (exact) mass is 348 g/mol. The molecule has 1 heterocycles. The topological polar surface area (TPSA) is 115 Å². The molecule has 3 amide bonds. The fraction of sp³-hybridized carbons (Fsp3) is 0.333. The number of nitrogens with two attached hydrogens (primary N) is 1. The van der Waals surface area contributed by atoms with Crippen LogP contribution >= 0.6 is 11.8 Å². The summed E-state index contributed by atoms with van der Waals surface area (Å²) in [6.45, 7) is 4.44. The Balaban J connectivity index is 1.93. The number of nitrogens with zero attached hydrogens (tertiary/aromatic N) is 3. The van der Waals surface area contributed by atoms with E-state index in [1.54, 1.807) is 0 Å². The van der Waals surface area contributed by atoms with E-state index in [4.69, 9.17) is 5.84 Å². The van der Waals surface area contributed by atoms with E-state index in [2.05, 4.69) is 20.8 Å². The van der Waals surface area contributed by atoms with Crippen LogP contribution in [-0.2, 0) is 4.79 Å². The number of carbonyl (C=O) groups excluding carboxylic acids is 2. The van der Waals surface area contributed by atoms with Crippen LogP contribution in [0.15, 0.2) is 29.4 Å². The minimum Gasteiger partial charge on any atom is -0.338 e. The van der Waals surface area contributed by atoms with Gasteiger partial charge in [0.15, 0.2) is 5.82 Å². The number of thioether (sulfide) groups is 1. The Bertz CT molecular complexity index is 713. The first-order chi connectivity index (χ1) is 11.5. The number of hydrogen-bond acceptors (Lipinski definition) is 6. The van der Waals surface area contributed by atoms with Crippen molar-refractivity contribution in [3.05, 3.63) is 29.8 Å². The Hall–Kier alpha value is -2.55. The number of hydrogen-bond donors (Lipinski definition) is 3. The zero-order chi connectivity index (χ0) is 17.5. The first-order valence-corrected chi connectivity index (χ1v) is 8.47. The number of nitrogen functional groups attached to an aromatic ring is 1. The van der Waals surface area contributed by atoms with Crippen molar-refractivity contribution < 1.29 is 9.59 Å². The minimum atomic E-state index is -0.503. The molecule has 4 N–H and O–H groups in total. The molecule has 1 aromatic heterocycles. The van der Waals surface area contributed by atoms with Crippen molar-refractivity contribution in [1.82, 2.24) is 25.5 Å². The number of amides is 3. The highest BCUT2D eigenvalue weighted by atomic mass is 32.2. The summed E-state index contributed by atoms with van der Waals surface area (Å²) in [5.74, 6) is 6.09. The van der Waals surface area contributed by atoms with Gasteiger partial charge in [0, 0.05) is 12.1 Å². The molecule has 2 aromatic rings. The third-order valence-electron chi connectivity index (χ3n) is 3.10. The van der Waals surface area contributed by atoms with E-state index in [9.17, 15) is 9.59 Å². The third-order valence-corrected chi connectivity index (χ3v) is 4.04. The van der Waals surface area contributed by atoms with Gasteiger partial charge in [-0.2, -0.15) is 0 Å². The zero-order valence-corrected chi connectivity index (χ0v) is 14.4. The van der Waals surface area contributed by atoms with Gasteiger partial charge in [0.1, 0.15) is 0 Å². The predicted molar refractivity (Wildman–Crippen MR) is 92.9 cm³/mol. The molecule has 0 bridgehead atoms. The van der Waals surface area contributed by atoms with Crippen LogP contribution < -0.4 is 16.5 Å². The summed E-state index contributed by atoms with van der Waals surface area (Å²) in [5, 5.41) is 13.2. The summed E-state index contributed by atoms with van der Waals surface area (Å²) in [7, 11) is 0. The van der Waals surface area contributed by atoms with Crippen molar-refractivity contribution in [1.29, 1.82) is 0 Å². The Morgan fingerprint density at radius 3 is 2.62 bits per heavy atom. The summed E-state index contributed by atoms with van der Waals surface area (Å²) in [6.07, 6.45) is 0.800. The highest BCUT2D eigenvalue weighted by molar-refractivity contribution is 7.99. The normalized spacial score (nSPS) is 10.4. The highest BCUT2D eigenvalue weighted by Crippen LogP contribution is 2.21. The quantitative estimate of drug-likeness (QED) is 0.535. The fourth-order valence-electron chi connectivity index (χ4n) is 1.85. The Labute approximate surface area is 144 Å². The van der Waals surface area contributed by atoms with E-state index >= 15 is 0 Å². The molecular weight excluding hydrogens is 328 g/mol. The predicted octanol–water partition coefficient (Wildman–Crippen LogP) is 1.30. The second-order valence-electron chi connectivity index (χ2n) is 5.13. The van der Waals surface area contributed by atoms with Crippen LogP contribution in [-0.4, -0.2) is 39.1 Å². The standard InChI is InChI=1S/C15H20N6O2S/c1-3-8-17-14(23)18-12(22)9-24-15-20-19-13(21(15)16)11-6-4-10(2)5-7-11/h4-7H,3,8-9,16H2,1-2H3,(H2,17,18,22,23). The molecule has 2 rings (SSSR count). The lowest BCUT2D eigenvalue weighted by Crippen LogP contribution is -2.40. The number of urea groups is 1. The first kappa shape index (κ1) is 17.8. The maximum atomic E-state index is 11.7. The second kappa shape index (κ2) is 8.34. The van der Waals surface area contributed by atoms with E-state index in [1.807, 2.05) is 38.1 Å². The number of aryl methyl sites for hydroxylation is 1. The molecule has 0 saturated heterocycles. The number of benzene rings is 1. The van der Waals surface area contributed by atoms with Crippen LogP contribution in [0.25, 0.3) is 11.4 Å². The van der Waals surface area contributed by atoms with Crippen LogP contribution in [0.4, 0.5) is 4.79 Å². The van der Waals surface area contributed by atoms with Gasteiger partial charge < -0.3 is 11.2 Å². The third kappa shape index (κ3) is 4.72. The van der Waals surface area contributed by atoms with Crippen LogP contribution in [0.2, 0.25) is 0 Å². The average molecular weight is 348 g/mol. The lowest BCUT2D eigenvalue weighted by molar-refractivity contribution is -0.117. The fourth-order valence-corrected chi connectivity index (χ4v) is 2.51. The van der Waals surface area contributed by atoms with Crippen LogP contribution in [0, 0.1) is 6.92 Å². The van der Waals surface area contributed by atoms with E-state index in [0.29, 0.717) is 17.5 Å². The van der Waals surface area contributed by atoms with Gasteiger partial charge in [0.2, 0.25) is 11.1 Å². The molecule has 1 aromatic carbocycles. The largest absolute Gasteiger partial charge is 0.338 e. The molecule has 0 fully saturated rings. The Morgan fingerprint density at radius 1 is 1.25 bits per heavy atom. The van der Waals surface area contributed by atoms with Gasteiger partial charge in [0.25, 0.3) is 0 Å². The zero-order valence-electron chi connectivity index (χ0n) is 13.6. The van der Waals surface area contributed by atoms with E-state index < -0.39 is 11.9 Å². The summed E-state index contributed by atoms with van der Waals surface area (Å²) in [5.41, 5.74) is 1.97. The Morgan fingerprint density at radius 2 is 1.96 bits per heavy atom. The second-order valence-corrected chi connectivity index (χ2v) is 6.08. The molecule has 8 nitrogen and oxygen atoms in total. The van der Waals surface area contributed by atoms with Crippen LogP contribution in [0.5, 0.6) is 0 Å². The van der Waals surface area contributed by atoms with Crippen molar-refractivity contribution in [2.45, 2.75) is 25.4 Å². The molecule has 9 heteroatoms. The molecule has 0 spiro atoms. The number of carbonyl (C=O) groups is 2. The van der Waals surface area contributed by atoms with Gasteiger partial charge in [0.05, 0.1) is 5.75 Å². The molecule has 128 valence electrons. The number of aromatic nitrogens is 3. The molecule has 0 aliphatic carbocycles. The number of rotatable bonds is 6. The summed E-state index contributed by atoms with van der Waals surface area (Å²) in [4.78, 5) is 23.1. The van der Waals surface area contributed by atoms with Crippen molar-refractivity contribution in [3.8, 4) is 11.4 Å². The van der Waals surface area contributed by atoms with E-state index in [1.165, 1.54) is 4.68 Å². The lowest BCUT2D eigenvalue weighted by atomic mass is 10.1. The molecule has 24 heavy (non-hydrogen) atoms. The Kier molecular flexibility index (Phi) is 6.19. The average Bonchev–Trinajstić information content (AvgIpc) is 2.92. The van der Waals surface area contributed by atoms with E-state index in [-0.39, 0.29) is 5.75 Å². The van der Waals surface area contributed by atoms with Gasteiger partial charge in [-0.15, -0.1) is 10.2 Å². The minimum absolute atomic E-state index is 0.0166. The number of nitrogens with one attached hydrogen (secondary N) is 2. The highest BCUT2D eigenvalue weighted by Gasteiger charge is 2.14. The first-order valence-electron chi connectivity index (χ1n) is 7.49. The molecule has 0 radical (unpaired) electrons. The SMILES string of the molecule is CCCNC(=O)NC(=O)CSc1nnc(-c2ccc(C)cc2)n1N. The van der Waals surface area contributed by atoms with Crippen LogP contribution in [0.3, 0.4) is 0 Å². The van der Waals surface area contributed by atoms with Crippen molar-refractivity contribution in [2.24, 2.45) is 0 Å². The smallest absolute Gasteiger partial charge is 0.321 e. The molecule has 0 aliphatic rings. The molecule has 0 saturated carbocycles. The van der Waals surface area contributed by atoms with Gasteiger partial charge in [-0.25, -0.2) is 9.47 Å². The summed E-state index contributed by atoms with van der Waals surface area (Å²) >= 11 is 1.11. The molecule has 0 unspecified atom stereocenters. The van der Waals surface area contributed by atoms with Crippen molar-refractivity contribution in [3.63, 3.8) is 0 Å². The van der Waals surface area contributed by atoms with Gasteiger partial charge in [-0.3, -0.25) is 10.1 Å². The van der Waals surface area contributed by atoms with Gasteiger partial charge in [-0.1, -0.05) is 48.5 Å². The van der Waals surface area contributed by atoms with Gasteiger partial charge in [-0.05, 0) is 13.3 Å². The molecule has 0 aliphatic heterocycles. The summed E-state index contributed by atoms with van der Waals surface area (Å²) < 4.78 is 1.33. The maximum absolute atomic E-state index is 11.7. The molecule has 0 atom stereocenters. The number of imide groups is 1. The molecular formula is C15H20N6O2S. The van der Waals surface area contributed by atoms with Crippen LogP contribution in [0.1, 0.15) is 18.9 Å². The lowest BCUT2D eigenvalue weighted by Gasteiger charge is -2.06.